The molecule has 2 atom stereocenters. The summed E-state index contributed by atoms with van der Waals surface area (Å²) in [6, 6.07) is 8.53. The van der Waals surface area contributed by atoms with Crippen molar-refractivity contribution in [2.24, 2.45) is 5.73 Å². The molecular weight excluding hydrogens is 198 g/mol. The van der Waals surface area contributed by atoms with Crippen molar-refractivity contribution < 1.29 is 4.74 Å². The highest BCUT2D eigenvalue weighted by atomic mass is 16.5. The van der Waals surface area contributed by atoms with E-state index in [1.807, 2.05) is 0 Å². The second kappa shape index (κ2) is 6.66. The molecule has 1 aromatic carbocycles. The van der Waals surface area contributed by atoms with E-state index in [4.69, 9.17) is 10.5 Å². The summed E-state index contributed by atoms with van der Waals surface area (Å²) in [4.78, 5) is 0. The van der Waals surface area contributed by atoms with Crippen LogP contribution in [0.15, 0.2) is 24.3 Å². The molecule has 0 fully saturated rings. The maximum Gasteiger partial charge on any atom is 0.0975 e. The van der Waals surface area contributed by atoms with Crippen LogP contribution in [0.5, 0.6) is 0 Å². The second-order valence-corrected chi connectivity index (χ2v) is 4.27. The van der Waals surface area contributed by atoms with Crippen LogP contribution in [0.2, 0.25) is 0 Å². The van der Waals surface area contributed by atoms with E-state index in [1.165, 1.54) is 11.1 Å². The molecule has 90 valence electrons. The number of hydrogen-bond donors (Lipinski definition) is 1. The maximum atomic E-state index is 6.10. The summed E-state index contributed by atoms with van der Waals surface area (Å²) in [5, 5.41) is 0. The van der Waals surface area contributed by atoms with Crippen molar-refractivity contribution in [1.82, 2.24) is 0 Å². The Kier molecular flexibility index (Phi) is 5.50. The summed E-state index contributed by atoms with van der Waals surface area (Å²) in [7, 11) is 0. The molecule has 1 aromatic rings. The lowest BCUT2D eigenvalue weighted by Crippen LogP contribution is -2.29. The van der Waals surface area contributed by atoms with E-state index in [0.717, 1.165) is 19.4 Å². The number of hydrogen-bond acceptors (Lipinski definition) is 2. The molecule has 2 unspecified atom stereocenters. The van der Waals surface area contributed by atoms with Crippen LogP contribution >= 0.6 is 0 Å². The van der Waals surface area contributed by atoms with Crippen LogP contribution in [0.25, 0.3) is 0 Å². The van der Waals surface area contributed by atoms with E-state index in [-0.39, 0.29) is 12.1 Å². The molecule has 0 spiro atoms. The fourth-order valence-corrected chi connectivity index (χ4v) is 1.68. The molecule has 2 heteroatoms. The van der Waals surface area contributed by atoms with E-state index >= 15 is 0 Å². The lowest BCUT2D eigenvalue weighted by Gasteiger charge is -2.23. The quantitative estimate of drug-likeness (QED) is 0.800. The first-order chi connectivity index (χ1) is 7.69. The molecular formula is C14H23NO. The van der Waals surface area contributed by atoms with E-state index in [0.29, 0.717) is 0 Å². The predicted octanol–water partition coefficient (Wildman–Crippen LogP) is 3.20. The van der Waals surface area contributed by atoms with Crippen LogP contribution in [0, 0.1) is 6.92 Å². The van der Waals surface area contributed by atoms with Gasteiger partial charge < -0.3 is 10.5 Å². The zero-order valence-corrected chi connectivity index (χ0v) is 10.6. The SMILES string of the molecule is CCCOC(c1ccc(C)cc1)C(N)CC. The number of ether oxygens (including phenoxy) is 1. The predicted molar refractivity (Wildman–Crippen MR) is 68.4 cm³/mol. The molecule has 16 heavy (non-hydrogen) atoms. The minimum Gasteiger partial charge on any atom is -0.372 e. The fourth-order valence-electron chi connectivity index (χ4n) is 1.68. The fraction of sp³-hybridized carbons (Fsp3) is 0.571. The second-order valence-electron chi connectivity index (χ2n) is 4.27. The van der Waals surface area contributed by atoms with Gasteiger partial charge in [0.1, 0.15) is 0 Å². The normalized spacial score (nSPS) is 14.8. The Morgan fingerprint density at radius 2 is 1.81 bits per heavy atom. The molecule has 1 rings (SSSR count). The molecule has 0 aliphatic heterocycles. The number of aryl methyl sites for hydroxylation is 1. The first-order valence-corrected chi connectivity index (χ1v) is 6.12. The topological polar surface area (TPSA) is 35.2 Å². The van der Waals surface area contributed by atoms with Crippen LogP contribution in [0.4, 0.5) is 0 Å². The van der Waals surface area contributed by atoms with Gasteiger partial charge in [-0.3, -0.25) is 0 Å². The largest absolute Gasteiger partial charge is 0.372 e. The Labute approximate surface area is 98.8 Å². The Hall–Kier alpha value is -0.860. The molecule has 0 aromatic heterocycles. The van der Waals surface area contributed by atoms with Crippen molar-refractivity contribution in [3.63, 3.8) is 0 Å². The highest BCUT2D eigenvalue weighted by molar-refractivity contribution is 5.24. The van der Waals surface area contributed by atoms with Crippen molar-refractivity contribution >= 4 is 0 Å². The van der Waals surface area contributed by atoms with Gasteiger partial charge in [0.05, 0.1) is 6.10 Å². The van der Waals surface area contributed by atoms with E-state index in [9.17, 15) is 0 Å². The van der Waals surface area contributed by atoms with Crippen LogP contribution in [-0.4, -0.2) is 12.6 Å². The molecule has 0 amide bonds. The summed E-state index contributed by atoms with van der Waals surface area (Å²) in [5.74, 6) is 0. The van der Waals surface area contributed by atoms with E-state index in [2.05, 4.69) is 45.0 Å². The smallest absolute Gasteiger partial charge is 0.0975 e. The standard InChI is InChI=1S/C14H23NO/c1-4-10-16-14(13(15)5-2)12-8-6-11(3)7-9-12/h6-9,13-14H,4-5,10,15H2,1-3H3. The molecule has 0 radical (unpaired) electrons. The lowest BCUT2D eigenvalue weighted by molar-refractivity contribution is 0.0339. The summed E-state index contributed by atoms with van der Waals surface area (Å²) < 4.78 is 5.84. The highest BCUT2D eigenvalue weighted by Gasteiger charge is 2.18. The van der Waals surface area contributed by atoms with Crippen molar-refractivity contribution in [2.75, 3.05) is 6.61 Å². The zero-order valence-electron chi connectivity index (χ0n) is 10.6. The van der Waals surface area contributed by atoms with E-state index < -0.39 is 0 Å². The molecule has 0 heterocycles. The molecule has 0 aliphatic rings. The molecule has 0 aliphatic carbocycles. The molecule has 2 N–H and O–H groups in total. The van der Waals surface area contributed by atoms with Gasteiger partial charge in [-0.1, -0.05) is 43.7 Å². The van der Waals surface area contributed by atoms with Crippen LogP contribution < -0.4 is 5.73 Å². The monoisotopic (exact) mass is 221 g/mol. The Bertz CT molecular complexity index is 294. The number of benzene rings is 1. The Morgan fingerprint density at radius 1 is 1.19 bits per heavy atom. The summed E-state index contributed by atoms with van der Waals surface area (Å²) in [6.07, 6.45) is 1.99. The van der Waals surface area contributed by atoms with E-state index in [1.54, 1.807) is 0 Å². The molecule has 0 saturated heterocycles. The van der Waals surface area contributed by atoms with Gasteiger partial charge in [-0.15, -0.1) is 0 Å². The van der Waals surface area contributed by atoms with Crippen molar-refractivity contribution in [1.29, 1.82) is 0 Å². The van der Waals surface area contributed by atoms with Crippen molar-refractivity contribution in [3.8, 4) is 0 Å². The first kappa shape index (κ1) is 13.2. The van der Waals surface area contributed by atoms with Crippen LogP contribution in [-0.2, 0) is 4.74 Å². The first-order valence-electron chi connectivity index (χ1n) is 6.12. The minimum atomic E-state index is 0.0329. The number of nitrogens with two attached hydrogens (primary N) is 1. The van der Waals surface area contributed by atoms with Gasteiger partial charge in [0, 0.05) is 12.6 Å². The van der Waals surface area contributed by atoms with Crippen molar-refractivity contribution in [3.05, 3.63) is 35.4 Å². The average molecular weight is 221 g/mol. The van der Waals surface area contributed by atoms with Crippen molar-refractivity contribution in [2.45, 2.75) is 45.8 Å². The number of rotatable bonds is 6. The summed E-state index contributed by atoms with van der Waals surface area (Å²) in [5.41, 5.74) is 8.56. The highest BCUT2D eigenvalue weighted by Crippen LogP contribution is 2.22. The van der Waals surface area contributed by atoms with Gasteiger partial charge in [0.25, 0.3) is 0 Å². The van der Waals surface area contributed by atoms with Gasteiger partial charge in [-0.25, -0.2) is 0 Å². The third kappa shape index (κ3) is 3.62. The summed E-state index contributed by atoms with van der Waals surface area (Å²) >= 11 is 0. The van der Waals surface area contributed by atoms with Gasteiger partial charge in [0.15, 0.2) is 0 Å². The molecule has 2 nitrogen and oxygen atoms in total. The van der Waals surface area contributed by atoms with Gasteiger partial charge in [0.2, 0.25) is 0 Å². The maximum absolute atomic E-state index is 6.10. The van der Waals surface area contributed by atoms with Gasteiger partial charge in [-0.05, 0) is 25.3 Å². The third-order valence-corrected chi connectivity index (χ3v) is 2.77. The Balaban J connectivity index is 2.78. The molecule has 0 saturated carbocycles. The van der Waals surface area contributed by atoms with Crippen LogP contribution in [0.3, 0.4) is 0 Å². The van der Waals surface area contributed by atoms with Gasteiger partial charge in [-0.2, -0.15) is 0 Å². The average Bonchev–Trinajstić information content (AvgIpc) is 2.31. The summed E-state index contributed by atoms with van der Waals surface area (Å²) in [6.45, 7) is 7.07. The minimum absolute atomic E-state index is 0.0329. The molecule has 0 bridgehead atoms. The van der Waals surface area contributed by atoms with Gasteiger partial charge >= 0.3 is 0 Å². The lowest BCUT2D eigenvalue weighted by atomic mass is 10.00. The third-order valence-electron chi connectivity index (χ3n) is 2.77. The zero-order chi connectivity index (χ0) is 12.0. The van der Waals surface area contributed by atoms with Crippen LogP contribution in [0.1, 0.15) is 43.9 Å². The Morgan fingerprint density at radius 3 is 2.31 bits per heavy atom.